The highest BCUT2D eigenvalue weighted by atomic mass is 16.4. The second kappa shape index (κ2) is 5.12. The van der Waals surface area contributed by atoms with Crippen molar-refractivity contribution in [3.63, 3.8) is 0 Å². The molecule has 3 nitrogen and oxygen atoms in total. The molecule has 86 valence electrons. The number of carbonyl (C=O) groups is 1. The minimum atomic E-state index is -0.703. The number of carboxylic acid groups (broad SMARTS) is 1. The van der Waals surface area contributed by atoms with Crippen LogP contribution in [0.3, 0.4) is 0 Å². The number of benzene rings is 1. The van der Waals surface area contributed by atoms with Gasteiger partial charge in [-0.15, -0.1) is 0 Å². The van der Waals surface area contributed by atoms with Crippen LogP contribution in [0.5, 0.6) is 0 Å². The average Bonchev–Trinajstić information content (AvgIpc) is 2.80. The third kappa shape index (κ3) is 2.61. The fourth-order valence-electron chi connectivity index (χ4n) is 2.26. The van der Waals surface area contributed by atoms with Crippen molar-refractivity contribution in [1.82, 2.24) is 4.90 Å². The van der Waals surface area contributed by atoms with Crippen LogP contribution in [0, 0.1) is 0 Å². The largest absolute Gasteiger partial charge is 0.480 e. The Morgan fingerprint density at radius 1 is 1.25 bits per heavy atom. The zero-order valence-corrected chi connectivity index (χ0v) is 9.30. The lowest BCUT2D eigenvalue weighted by molar-refractivity contribution is -0.142. The number of aliphatic carboxylic acids is 1. The molecule has 2 rings (SSSR count). The maximum Gasteiger partial charge on any atom is 0.321 e. The van der Waals surface area contributed by atoms with E-state index in [2.05, 4.69) is 4.90 Å². The van der Waals surface area contributed by atoms with Gasteiger partial charge in [0.25, 0.3) is 0 Å². The molecule has 16 heavy (non-hydrogen) atoms. The third-order valence-electron chi connectivity index (χ3n) is 3.14. The first-order chi connectivity index (χ1) is 7.77. The maximum absolute atomic E-state index is 11.2. The molecular weight excluding hydrogens is 202 g/mol. The predicted octanol–water partition coefficient (Wildman–Crippen LogP) is 1.78. The number of hydrogen-bond acceptors (Lipinski definition) is 2. The minimum absolute atomic E-state index is 0.357. The van der Waals surface area contributed by atoms with Crippen LogP contribution in [-0.4, -0.2) is 35.1 Å². The van der Waals surface area contributed by atoms with Crippen LogP contribution in [0.2, 0.25) is 0 Å². The van der Waals surface area contributed by atoms with Gasteiger partial charge in [-0.25, -0.2) is 0 Å². The lowest BCUT2D eigenvalue weighted by Crippen LogP contribution is -2.40. The van der Waals surface area contributed by atoms with Crippen LogP contribution in [0.25, 0.3) is 0 Å². The highest BCUT2D eigenvalue weighted by Crippen LogP contribution is 2.15. The first-order valence-electron chi connectivity index (χ1n) is 5.78. The van der Waals surface area contributed by atoms with Gasteiger partial charge in [0.1, 0.15) is 6.04 Å². The van der Waals surface area contributed by atoms with E-state index < -0.39 is 5.97 Å². The maximum atomic E-state index is 11.2. The summed E-state index contributed by atoms with van der Waals surface area (Å²) in [4.78, 5) is 13.3. The number of rotatable bonds is 4. The first kappa shape index (κ1) is 11.1. The van der Waals surface area contributed by atoms with Gasteiger partial charge in [-0.2, -0.15) is 0 Å². The number of nitrogens with zero attached hydrogens (tertiary/aromatic N) is 1. The summed E-state index contributed by atoms with van der Waals surface area (Å²) in [7, 11) is 0. The van der Waals surface area contributed by atoms with Crippen molar-refractivity contribution < 1.29 is 9.90 Å². The molecule has 0 radical (unpaired) electrons. The highest BCUT2D eigenvalue weighted by molar-refractivity contribution is 5.74. The summed E-state index contributed by atoms with van der Waals surface area (Å²) in [6.45, 7) is 1.84. The fraction of sp³-hybridized carbons (Fsp3) is 0.462. The standard InChI is InChI=1S/C13H17NO2/c15-13(16)12(14-8-4-5-9-14)10-11-6-2-1-3-7-11/h1-3,6-7,12H,4-5,8-10H2,(H,15,16)/t12-/m0/s1. The summed E-state index contributed by atoms with van der Waals surface area (Å²) in [5, 5.41) is 9.25. The normalized spacial score (nSPS) is 18.5. The molecule has 0 saturated carbocycles. The lowest BCUT2D eigenvalue weighted by Gasteiger charge is -2.23. The summed E-state index contributed by atoms with van der Waals surface area (Å²) in [5.74, 6) is -0.703. The average molecular weight is 219 g/mol. The van der Waals surface area contributed by atoms with Gasteiger partial charge in [0.05, 0.1) is 0 Å². The summed E-state index contributed by atoms with van der Waals surface area (Å²) < 4.78 is 0. The van der Waals surface area contributed by atoms with E-state index in [9.17, 15) is 9.90 Å². The van der Waals surface area contributed by atoms with Gasteiger partial charge >= 0.3 is 5.97 Å². The molecule has 1 aromatic rings. The van der Waals surface area contributed by atoms with E-state index in [1.54, 1.807) is 0 Å². The zero-order chi connectivity index (χ0) is 11.4. The first-order valence-corrected chi connectivity index (χ1v) is 5.78. The van der Waals surface area contributed by atoms with Crippen LogP contribution in [0.4, 0.5) is 0 Å². The SMILES string of the molecule is O=C(O)[C@H](Cc1ccccc1)N1CCCC1. The molecule has 1 fully saturated rings. The minimum Gasteiger partial charge on any atom is -0.480 e. The van der Waals surface area contributed by atoms with Crippen molar-refractivity contribution in [3.05, 3.63) is 35.9 Å². The molecular formula is C13H17NO2. The monoisotopic (exact) mass is 219 g/mol. The Morgan fingerprint density at radius 3 is 2.44 bits per heavy atom. The molecule has 1 saturated heterocycles. The van der Waals surface area contributed by atoms with Crippen LogP contribution in [0.1, 0.15) is 18.4 Å². The summed E-state index contributed by atoms with van der Waals surface area (Å²) in [6.07, 6.45) is 2.85. The molecule has 0 aliphatic carbocycles. The summed E-state index contributed by atoms with van der Waals surface area (Å²) >= 11 is 0. The van der Waals surface area contributed by atoms with Crippen LogP contribution >= 0.6 is 0 Å². The predicted molar refractivity (Wildman–Crippen MR) is 62.4 cm³/mol. The van der Waals surface area contributed by atoms with E-state index >= 15 is 0 Å². The van der Waals surface area contributed by atoms with Crippen molar-refractivity contribution in [2.45, 2.75) is 25.3 Å². The van der Waals surface area contributed by atoms with E-state index in [0.29, 0.717) is 6.42 Å². The molecule has 1 N–H and O–H groups in total. The van der Waals surface area contributed by atoms with E-state index in [0.717, 1.165) is 31.5 Å². The Kier molecular flexibility index (Phi) is 3.57. The Balaban J connectivity index is 2.05. The number of likely N-dealkylation sites (tertiary alicyclic amines) is 1. The van der Waals surface area contributed by atoms with Gasteiger partial charge in [0, 0.05) is 0 Å². The van der Waals surface area contributed by atoms with Crippen molar-refractivity contribution >= 4 is 5.97 Å². The summed E-state index contributed by atoms with van der Waals surface area (Å²) in [5.41, 5.74) is 1.10. The molecule has 1 aromatic carbocycles. The molecule has 0 amide bonds. The van der Waals surface area contributed by atoms with Gasteiger partial charge in [-0.05, 0) is 37.9 Å². The highest BCUT2D eigenvalue weighted by Gasteiger charge is 2.27. The Bertz CT molecular complexity index is 344. The van der Waals surface area contributed by atoms with Crippen molar-refractivity contribution in [3.8, 4) is 0 Å². The fourth-order valence-corrected chi connectivity index (χ4v) is 2.26. The molecule has 0 spiro atoms. The smallest absolute Gasteiger partial charge is 0.321 e. The van der Waals surface area contributed by atoms with Crippen molar-refractivity contribution in [2.24, 2.45) is 0 Å². The second-order valence-corrected chi connectivity index (χ2v) is 4.29. The summed E-state index contributed by atoms with van der Waals surface area (Å²) in [6, 6.07) is 9.49. The van der Waals surface area contributed by atoms with Crippen molar-refractivity contribution in [1.29, 1.82) is 0 Å². The van der Waals surface area contributed by atoms with E-state index in [1.807, 2.05) is 30.3 Å². The van der Waals surface area contributed by atoms with E-state index in [1.165, 1.54) is 0 Å². The van der Waals surface area contributed by atoms with Crippen LogP contribution in [-0.2, 0) is 11.2 Å². The van der Waals surface area contributed by atoms with Gasteiger partial charge < -0.3 is 5.11 Å². The molecule has 1 atom stereocenters. The molecule has 1 heterocycles. The van der Waals surface area contributed by atoms with Gasteiger partial charge in [0.2, 0.25) is 0 Å². The zero-order valence-electron chi connectivity index (χ0n) is 9.30. The Hall–Kier alpha value is -1.35. The molecule has 0 unspecified atom stereocenters. The van der Waals surface area contributed by atoms with Gasteiger partial charge in [-0.1, -0.05) is 30.3 Å². The Morgan fingerprint density at radius 2 is 1.88 bits per heavy atom. The van der Waals surface area contributed by atoms with E-state index in [-0.39, 0.29) is 6.04 Å². The lowest BCUT2D eigenvalue weighted by atomic mass is 10.1. The quantitative estimate of drug-likeness (QED) is 0.839. The Labute approximate surface area is 95.7 Å². The van der Waals surface area contributed by atoms with Gasteiger partial charge in [0.15, 0.2) is 0 Å². The van der Waals surface area contributed by atoms with Gasteiger partial charge in [-0.3, -0.25) is 9.69 Å². The van der Waals surface area contributed by atoms with E-state index in [4.69, 9.17) is 0 Å². The van der Waals surface area contributed by atoms with Crippen molar-refractivity contribution in [2.75, 3.05) is 13.1 Å². The molecule has 3 heteroatoms. The molecule has 0 bridgehead atoms. The van der Waals surface area contributed by atoms with Crippen LogP contribution < -0.4 is 0 Å². The third-order valence-corrected chi connectivity index (χ3v) is 3.14. The topological polar surface area (TPSA) is 40.5 Å². The number of carboxylic acids is 1. The number of hydrogen-bond donors (Lipinski definition) is 1. The molecule has 0 aromatic heterocycles. The van der Waals surface area contributed by atoms with Crippen LogP contribution in [0.15, 0.2) is 30.3 Å². The molecule has 1 aliphatic rings. The molecule has 1 aliphatic heterocycles. The second-order valence-electron chi connectivity index (χ2n) is 4.29.